The first-order chi connectivity index (χ1) is 8.22. The van der Waals surface area contributed by atoms with Gasteiger partial charge in [-0.3, -0.25) is 16.2 Å². The van der Waals surface area contributed by atoms with Crippen LogP contribution in [0.25, 0.3) is 0 Å². The minimum atomic E-state index is 0.121. The van der Waals surface area contributed by atoms with Crippen molar-refractivity contribution in [1.82, 2.24) is 10.3 Å². The van der Waals surface area contributed by atoms with Crippen LogP contribution >= 0.6 is 11.3 Å². The zero-order chi connectivity index (χ0) is 12.3. The van der Waals surface area contributed by atoms with E-state index < -0.39 is 0 Å². The molecule has 3 N–H and O–H groups in total. The second kappa shape index (κ2) is 5.48. The number of nitrogens with one attached hydrogen (secondary N) is 1. The molecule has 2 unspecified atom stereocenters. The number of rotatable bonds is 5. The van der Waals surface area contributed by atoms with E-state index in [2.05, 4.69) is 41.7 Å². The van der Waals surface area contributed by atoms with Gasteiger partial charge in [-0.25, -0.2) is 0 Å². The van der Waals surface area contributed by atoms with Crippen LogP contribution in [0.3, 0.4) is 0 Å². The van der Waals surface area contributed by atoms with Crippen LogP contribution in [0.1, 0.15) is 44.0 Å². The molecule has 1 saturated heterocycles. The largest absolute Gasteiger partial charge is 0.296 e. The van der Waals surface area contributed by atoms with E-state index in [1.165, 1.54) is 30.8 Å². The Morgan fingerprint density at radius 2 is 2.24 bits per heavy atom. The Morgan fingerprint density at radius 3 is 2.71 bits per heavy atom. The summed E-state index contributed by atoms with van der Waals surface area (Å²) in [4.78, 5) is 3.93. The Labute approximate surface area is 108 Å². The Hall–Kier alpha value is -0.420. The molecule has 2 rings (SSSR count). The molecule has 0 bridgehead atoms. The van der Waals surface area contributed by atoms with Gasteiger partial charge >= 0.3 is 0 Å². The van der Waals surface area contributed by atoms with E-state index in [4.69, 9.17) is 5.84 Å². The van der Waals surface area contributed by atoms with Crippen LogP contribution in [0.2, 0.25) is 0 Å². The molecule has 1 aliphatic rings. The third kappa shape index (κ3) is 2.40. The minimum absolute atomic E-state index is 0.121. The lowest BCUT2D eigenvalue weighted by molar-refractivity contribution is 0.0854. The highest BCUT2D eigenvalue weighted by molar-refractivity contribution is 7.10. The minimum Gasteiger partial charge on any atom is -0.296 e. The maximum Gasteiger partial charge on any atom is 0.0733 e. The van der Waals surface area contributed by atoms with Gasteiger partial charge in [0.25, 0.3) is 0 Å². The highest BCUT2D eigenvalue weighted by Crippen LogP contribution is 2.37. The second-order valence-electron chi connectivity index (χ2n) is 5.02. The SMILES string of the molecule is CCC(C)(C(NN)c1cccs1)N1CCCC1. The summed E-state index contributed by atoms with van der Waals surface area (Å²) in [5, 5.41) is 2.12. The van der Waals surface area contributed by atoms with E-state index in [-0.39, 0.29) is 11.6 Å². The standard InChI is InChI=1S/C13H23N3S/c1-3-13(2,16-8-4-5-9-16)12(15-14)11-7-6-10-17-11/h6-7,10,12,15H,3-5,8-9,14H2,1-2H3. The van der Waals surface area contributed by atoms with Crippen molar-refractivity contribution in [2.75, 3.05) is 13.1 Å². The van der Waals surface area contributed by atoms with Crippen molar-refractivity contribution in [3.8, 4) is 0 Å². The summed E-state index contributed by atoms with van der Waals surface area (Å²) >= 11 is 1.79. The molecule has 3 nitrogen and oxygen atoms in total. The molecule has 0 aliphatic carbocycles. The predicted octanol–water partition coefficient (Wildman–Crippen LogP) is 2.52. The van der Waals surface area contributed by atoms with E-state index in [1.807, 2.05) is 0 Å². The first-order valence-corrected chi connectivity index (χ1v) is 7.35. The Morgan fingerprint density at radius 1 is 1.53 bits per heavy atom. The first-order valence-electron chi connectivity index (χ1n) is 6.47. The average molecular weight is 253 g/mol. The molecule has 0 spiro atoms. The van der Waals surface area contributed by atoms with Crippen molar-refractivity contribution >= 4 is 11.3 Å². The number of hydrogen-bond donors (Lipinski definition) is 2. The van der Waals surface area contributed by atoms with Gasteiger partial charge in [0.15, 0.2) is 0 Å². The molecule has 2 atom stereocenters. The van der Waals surface area contributed by atoms with Crippen molar-refractivity contribution in [2.45, 2.75) is 44.7 Å². The molecule has 17 heavy (non-hydrogen) atoms. The van der Waals surface area contributed by atoms with Crippen LogP contribution in [0, 0.1) is 0 Å². The maximum absolute atomic E-state index is 5.82. The molecule has 0 aromatic carbocycles. The first kappa shape index (κ1) is 13.0. The third-order valence-electron chi connectivity index (χ3n) is 4.16. The molecular formula is C13H23N3S. The lowest BCUT2D eigenvalue weighted by Gasteiger charge is -2.43. The summed E-state index contributed by atoms with van der Waals surface area (Å²) < 4.78 is 0. The molecule has 0 radical (unpaired) electrons. The molecule has 1 fully saturated rings. The van der Waals surface area contributed by atoms with Gasteiger partial charge in [0, 0.05) is 10.4 Å². The van der Waals surface area contributed by atoms with E-state index in [9.17, 15) is 0 Å². The monoisotopic (exact) mass is 253 g/mol. The quantitative estimate of drug-likeness (QED) is 0.626. The number of hydrazine groups is 1. The van der Waals surface area contributed by atoms with E-state index in [0.717, 1.165) is 6.42 Å². The van der Waals surface area contributed by atoms with E-state index >= 15 is 0 Å². The molecular weight excluding hydrogens is 230 g/mol. The van der Waals surface area contributed by atoms with Crippen molar-refractivity contribution < 1.29 is 0 Å². The summed E-state index contributed by atoms with van der Waals surface area (Å²) in [6.45, 7) is 7.00. The molecule has 1 aromatic heterocycles. The molecule has 1 aliphatic heterocycles. The second-order valence-corrected chi connectivity index (χ2v) is 6.00. The summed E-state index contributed by atoms with van der Waals surface area (Å²) in [6.07, 6.45) is 3.74. The predicted molar refractivity (Wildman–Crippen MR) is 73.9 cm³/mol. The fourth-order valence-electron chi connectivity index (χ4n) is 2.86. The van der Waals surface area contributed by atoms with Gasteiger partial charge in [0.2, 0.25) is 0 Å². The number of thiophene rings is 1. The van der Waals surface area contributed by atoms with Crippen LogP contribution in [0.5, 0.6) is 0 Å². The maximum atomic E-state index is 5.82. The van der Waals surface area contributed by atoms with Gasteiger partial charge in [-0.2, -0.15) is 0 Å². The van der Waals surface area contributed by atoms with Gasteiger partial charge < -0.3 is 0 Å². The smallest absolute Gasteiger partial charge is 0.0733 e. The zero-order valence-electron chi connectivity index (χ0n) is 10.8. The number of hydrogen-bond acceptors (Lipinski definition) is 4. The molecule has 2 heterocycles. The number of likely N-dealkylation sites (tertiary alicyclic amines) is 1. The van der Waals surface area contributed by atoms with Gasteiger partial charge in [0.1, 0.15) is 0 Å². The van der Waals surface area contributed by atoms with Crippen LogP contribution in [-0.2, 0) is 0 Å². The van der Waals surface area contributed by atoms with Gasteiger partial charge in [0.05, 0.1) is 6.04 Å². The molecule has 96 valence electrons. The normalized spacial score (nSPS) is 22.5. The van der Waals surface area contributed by atoms with Crippen molar-refractivity contribution in [2.24, 2.45) is 5.84 Å². The molecule has 4 heteroatoms. The molecule has 0 saturated carbocycles. The third-order valence-corrected chi connectivity index (χ3v) is 5.10. The molecule has 0 amide bonds. The highest BCUT2D eigenvalue weighted by atomic mass is 32.1. The van der Waals surface area contributed by atoms with Crippen molar-refractivity contribution in [3.63, 3.8) is 0 Å². The van der Waals surface area contributed by atoms with Gasteiger partial charge in [-0.05, 0) is 50.7 Å². The Balaban J connectivity index is 2.25. The average Bonchev–Trinajstić information content (AvgIpc) is 3.02. The van der Waals surface area contributed by atoms with Gasteiger partial charge in [-0.15, -0.1) is 11.3 Å². The van der Waals surface area contributed by atoms with Gasteiger partial charge in [-0.1, -0.05) is 13.0 Å². The molecule has 1 aromatic rings. The van der Waals surface area contributed by atoms with E-state index in [0.29, 0.717) is 0 Å². The highest BCUT2D eigenvalue weighted by Gasteiger charge is 2.40. The van der Waals surface area contributed by atoms with Crippen LogP contribution < -0.4 is 11.3 Å². The lowest BCUT2D eigenvalue weighted by Crippen LogP contribution is -2.54. The Bertz CT molecular complexity index is 332. The van der Waals surface area contributed by atoms with Crippen molar-refractivity contribution in [3.05, 3.63) is 22.4 Å². The van der Waals surface area contributed by atoms with Crippen molar-refractivity contribution in [1.29, 1.82) is 0 Å². The summed E-state index contributed by atoms with van der Waals surface area (Å²) in [5.41, 5.74) is 3.16. The fraction of sp³-hybridized carbons (Fsp3) is 0.692. The van der Waals surface area contributed by atoms with Crippen LogP contribution in [-0.4, -0.2) is 23.5 Å². The number of nitrogens with two attached hydrogens (primary N) is 1. The lowest BCUT2D eigenvalue weighted by atomic mass is 9.87. The summed E-state index contributed by atoms with van der Waals surface area (Å²) in [5.74, 6) is 5.82. The number of nitrogens with zero attached hydrogens (tertiary/aromatic N) is 1. The Kier molecular flexibility index (Phi) is 4.20. The van der Waals surface area contributed by atoms with Crippen LogP contribution in [0.4, 0.5) is 0 Å². The topological polar surface area (TPSA) is 41.3 Å². The zero-order valence-corrected chi connectivity index (χ0v) is 11.6. The summed E-state index contributed by atoms with van der Waals surface area (Å²) in [6, 6.07) is 4.51. The van der Waals surface area contributed by atoms with E-state index in [1.54, 1.807) is 11.3 Å². The van der Waals surface area contributed by atoms with Crippen LogP contribution in [0.15, 0.2) is 17.5 Å². The fourth-order valence-corrected chi connectivity index (χ4v) is 3.79. The summed E-state index contributed by atoms with van der Waals surface area (Å²) in [7, 11) is 0.